The molecule has 6 heteroatoms. The number of benzene rings is 2. The number of carbonyl (C=O) groups is 1. The van der Waals surface area contributed by atoms with Gasteiger partial charge in [-0.3, -0.25) is 9.36 Å². The van der Waals surface area contributed by atoms with Crippen LogP contribution in [0.4, 0.5) is 5.69 Å². The van der Waals surface area contributed by atoms with Crippen LogP contribution in [0.1, 0.15) is 12.5 Å². The van der Waals surface area contributed by atoms with E-state index in [9.17, 15) is 9.59 Å². The molecule has 0 saturated heterocycles. The normalized spacial score (nSPS) is 10.8. The van der Waals surface area contributed by atoms with E-state index in [0.717, 1.165) is 16.8 Å². The number of aryl methyl sites for hydroxylation is 1. The average molecular weight is 325 g/mol. The van der Waals surface area contributed by atoms with Crippen molar-refractivity contribution in [3.05, 3.63) is 58.5 Å². The second-order valence-electron chi connectivity index (χ2n) is 5.52. The number of nitrogens with zero attached hydrogens (tertiary/aromatic N) is 1. The third-order valence-electron chi connectivity index (χ3n) is 3.79. The lowest BCUT2D eigenvalue weighted by Crippen LogP contribution is -2.14. The van der Waals surface area contributed by atoms with Crippen LogP contribution in [0.15, 0.2) is 47.3 Å². The summed E-state index contributed by atoms with van der Waals surface area (Å²) in [7, 11) is 1.70. The molecule has 1 heterocycles. The number of imidazole rings is 1. The summed E-state index contributed by atoms with van der Waals surface area (Å²) in [5, 5.41) is 2.85. The van der Waals surface area contributed by atoms with E-state index in [1.807, 2.05) is 31.2 Å². The van der Waals surface area contributed by atoms with Crippen LogP contribution in [-0.4, -0.2) is 22.1 Å². The Balaban J connectivity index is 1.69. The SMILES string of the molecule is CCOc1ccc(CC(=O)Nc2ccc3c(c2)[nH]c(=O)n3C)cc1. The number of H-pyrrole nitrogens is 1. The largest absolute Gasteiger partial charge is 0.494 e. The van der Waals surface area contributed by atoms with Crippen molar-refractivity contribution in [3.8, 4) is 5.75 Å². The second-order valence-corrected chi connectivity index (χ2v) is 5.52. The van der Waals surface area contributed by atoms with Gasteiger partial charge in [0.05, 0.1) is 24.1 Å². The van der Waals surface area contributed by atoms with E-state index >= 15 is 0 Å². The van der Waals surface area contributed by atoms with Crippen LogP contribution >= 0.6 is 0 Å². The molecule has 24 heavy (non-hydrogen) atoms. The summed E-state index contributed by atoms with van der Waals surface area (Å²) in [5.74, 6) is 0.678. The highest BCUT2D eigenvalue weighted by atomic mass is 16.5. The molecule has 1 aromatic heterocycles. The Morgan fingerprint density at radius 2 is 1.96 bits per heavy atom. The predicted molar refractivity (Wildman–Crippen MR) is 93.5 cm³/mol. The van der Waals surface area contributed by atoms with E-state index in [1.165, 1.54) is 4.57 Å². The van der Waals surface area contributed by atoms with E-state index in [-0.39, 0.29) is 18.0 Å². The minimum atomic E-state index is -0.178. The first kappa shape index (κ1) is 15.9. The fraction of sp³-hybridized carbons (Fsp3) is 0.222. The van der Waals surface area contributed by atoms with Crippen LogP contribution < -0.4 is 15.7 Å². The van der Waals surface area contributed by atoms with Gasteiger partial charge in [-0.1, -0.05) is 12.1 Å². The Hall–Kier alpha value is -3.02. The van der Waals surface area contributed by atoms with Crippen molar-refractivity contribution in [1.82, 2.24) is 9.55 Å². The highest BCUT2D eigenvalue weighted by molar-refractivity contribution is 5.94. The van der Waals surface area contributed by atoms with Crippen LogP contribution in [0, 0.1) is 0 Å². The summed E-state index contributed by atoms with van der Waals surface area (Å²) < 4.78 is 6.91. The molecule has 0 atom stereocenters. The standard InChI is InChI=1S/C18H19N3O3/c1-3-24-14-7-4-12(5-8-14)10-17(22)19-13-6-9-16-15(11-13)20-18(23)21(16)2/h4-9,11H,3,10H2,1-2H3,(H,19,22)(H,20,23). The van der Waals surface area contributed by atoms with Gasteiger partial charge in [0.2, 0.25) is 5.91 Å². The van der Waals surface area contributed by atoms with Crippen LogP contribution in [0.5, 0.6) is 5.75 Å². The fourth-order valence-electron chi connectivity index (χ4n) is 2.58. The monoisotopic (exact) mass is 325 g/mol. The molecule has 0 bridgehead atoms. The van der Waals surface area contributed by atoms with E-state index in [2.05, 4.69) is 10.3 Å². The lowest BCUT2D eigenvalue weighted by atomic mass is 10.1. The van der Waals surface area contributed by atoms with Crippen molar-refractivity contribution in [2.24, 2.45) is 7.05 Å². The number of carbonyl (C=O) groups excluding carboxylic acids is 1. The molecule has 0 aliphatic carbocycles. The number of hydrogen-bond acceptors (Lipinski definition) is 3. The lowest BCUT2D eigenvalue weighted by Gasteiger charge is -2.07. The van der Waals surface area contributed by atoms with Crippen molar-refractivity contribution in [2.75, 3.05) is 11.9 Å². The smallest absolute Gasteiger partial charge is 0.326 e. The zero-order valence-corrected chi connectivity index (χ0v) is 13.6. The zero-order valence-electron chi connectivity index (χ0n) is 13.6. The molecule has 3 rings (SSSR count). The summed E-state index contributed by atoms with van der Waals surface area (Å²) in [6.45, 7) is 2.54. The van der Waals surface area contributed by atoms with Crippen molar-refractivity contribution in [1.29, 1.82) is 0 Å². The molecule has 1 amide bonds. The van der Waals surface area contributed by atoms with Crippen LogP contribution in [0.3, 0.4) is 0 Å². The van der Waals surface area contributed by atoms with E-state index in [4.69, 9.17) is 4.74 Å². The first-order chi connectivity index (χ1) is 11.6. The van der Waals surface area contributed by atoms with Crippen molar-refractivity contribution in [2.45, 2.75) is 13.3 Å². The molecule has 0 saturated carbocycles. The summed E-state index contributed by atoms with van der Waals surface area (Å²) in [6.07, 6.45) is 0.274. The Bertz CT molecular complexity index is 923. The molecule has 2 aromatic carbocycles. The van der Waals surface area contributed by atoms with Crippen LogP contribution in [0.25, 0.3) is 11.0 Å². The molecule has 0 aliphatic heterocycles. The maximum Gasteiger partial charge on any atom is 0.326 e. The molecule has 0 radical (unpaired) electrons. The molecule has 0 fully saturated rings. The molecule has 3 aromatic rings. The third-order valence-corrected chi connectivity index (χ3v) is 3.79. The van der Waals surface area contributed by atoms with Gasteiger partial charge in [-0.25, -0.2) is 4.79 Å². The van der Waals surface area contributed by atoms with Gasteiger partial charge >= 0.3 is 5.69 Å². The van der Waals surface area contributed by atoms with Gasteiger partial charge in [-0.05, 0) is 42.8 Å². The predicted octanol–water partition coefficient (Wildman–Crippen LogP) is 2.45. The van der Waals surface area contributed by atoms with E-state index < -0.39 is 0 Å². The van der Waals surface area contributed by atoms with Gasteiger partial charge in [0.15, 0.2) is 0 Å². The van der Waals surface area contributed by atoms with Crippen molar-refractivity contribution in [3.63, 3.8) is 0 Å². The van der Waals surface area contributed by atoms with Crippen molar-refractivity contribution >= 4 is 22.6 Å². The average Bonchev–Trinajstić information content (AvgIpc) is 2.83. The molecule has 2 N–H and O–H groups in total. The van der Waals surface area contributed by atoms with Gasteiger partial charge in [0, 0.05) is 12.7 Å². The van der Waals surface area contributed by atoms with Crippen molar-refractivity contribution < 1.29 is 9.53 Å². The Kier molecular flexibility index (Phi) is 4.37. The van der Waals surface area contributed by atoms with Gasteiger partial charge in [0.1, 0.15) is 5.75 Å². The molecule has 6 nitrogen and oxygen atoms in total. The fourth-order valence-corrected chi connectivity index (χ4v) is 2.58. The first-order valence-electron chi connectivity index (χ1n) is 7.77. The molecular weight excluding hydrogens is 306 g/mol. The summed E-state index contributed by atoms with van der Waals surface area (Å²) >= 11 is 0. The molecular formula is C18H19N3O3. The lowest BCUT2D eigenvalue weighted by molar-refractivity contribution is -0.115. The molecule has 0 aliphatic rings. The first-order valence-corrected chi connectivity index (χ1v) is 7.77. The van der Waals surface area contributed by atoms with E-state index in [0.29, 0.717) is 17.8 Å². The number of amides is 1. The Morgan fingerprint density at radius 3 is 2.67 bits per heavy atom. The summed E-state index contributed by atoms with van der Waals surface area (Å²) in [5.41, 5.74) is 2.87. The van der Waals surface area contributed by atoms with Crippen LogP contribution in [-0.2, 0) is 18.3 Å². The molecule has 0 unspecified atom stereocenters. The molecule has 0 spiro atoms. The third kappa shape index (κ3) is 3.32. The quantitative estimate of drug-likeness (QED) is 0.756. The number of hydrogen-bond donors (Lipinski definition) is 2. The highest BCUT2D eigenvalue weighted by Crippen LogP contribution is 2.17. The number of aromatic amines is 1. The van der Waals surface area contributed by atoms with Gasteiger partial charge in [0.25, 0.3) is 0 Å². The summed E-state index contributed by atoms with van der Waals surface area (Å²) in [6, 6.07) is 12.8. The van der Waals surface area contributed by atoms with Gasteiger partial charge in [-0.15, -0.1) is 0 Å². The number of rotatable bonds is 5. The number of anilines is 1. The minimum absolute atomic E-state index is 0.114. The number of aromatic nitrogens is 2. The summed E-state index contributed by atoms with van der Waals surface area (Å²) in [4.78, 5) is 26.5. The maximum absolute atomic E-state index is 12.2. The van der Waals surface area contributed by atoms with E-state index in [1.54, 1.807) is 25.2 Å². The van der Waals surface area contributed by atoms with Gasteiger partial charge in [-0.2, -0.15) is 0 Å². The highest BCUT2D eigenvalue weighted by Gasteiger charge is 2.07. The minimum Gasteiger partial charge on any atom is -0.494 e. The second kappa shape index (κ2) is 6.62. The maximum atomic E-state index is 12.2. The topological polar surface area (TPSA) is 76.1 Å². The number of ether oxygens (including phenoxy) is 1. The Labute approximate surface area is 139 Å². The number of fused-ring (bicyclic) bond motifs is 1. The Morgan fingerprint density at radius 1 is 1.21 bits per heavy atom. The number of nitrogens with one attached hydrogen (secondary N) is 2. The zero-order chi connectivity index (χ0) is 17.1. The molecule has 124 valence electrons. The van der Waals surface area contributed by atoms with Gasteiger partial charge < -0.3 is 15.0 Å². The van der Waals surface area contributed by atoms with Crippen LogP contribution in [0.2, 0.25) is 0 Å².